The molecule has 0 aliphatic carbocycles. The van der Waals surface area contributed by atoms with Gasteiger partial charge in [-0.2, -0.15) is 5.10 Å². The van der Waals surface area contributed by atoms with Gasteiger partial charge in [-0.15, -0.1) is 0 Å². The van der Waals surface area contributed by atoms with E-state index in [0.717, 1.165) is 22.4 Å². The minimum atomic E-state index is 1.06. The van der Waals surface area contributed by atoms with Gasteiger partial charge in [0.1, 0.15) is 5.65 Å². The van der Waals surface area contributed by atoms with E-state index in [1.807, 2.05) is 10.6 Å². The van der Waals surface area contributed by atoms with Gasteiger partial charge in [-0.05, 0) is 19.1 Å². The van der Waals surface area contributed by atoms with Gasteiger partial charge in [0.15, 0.2) is 0 Å². The highest BCUT2D eigenvalue weighted by atomic mass is 15.3. The number of imidazole rings is 1. The zero-order valence-corrected chi connectivity index (χ0v) is 11.5. The summed E-state index contributed by atoms with van der Waals surface area (Å²) in [5.74, 6) is 0. The first kappa shape index (κ1) is 11.3. The fraction of sp³-hybridized carbons (Fsp3) is 0.118. The smallest absolute Gasteiger partial charge is 0.140 e. The number of nitrogens with zero attached hydrogens (tertiary/aromatic N) is 3. The summed E-state index contributed by atoms with van der Waals surface area (Å²) in [7, 11) is 2.10. The highest BCUT2D eigenvalue weighted by Crippen LogP contribution is 2.29. The van der Waals surface area contributed by atoms with Crippen molar-refractivity contribution in [2.45, 2.75) is 6.92 Å². The summed E-state index contributed by atoms with van der Waals surface area (Å²) < 4.78 is 4.26. The third-order valence-electron chi connectivity index (χ3n) is 3.93. The topological polar surface area (TPSA) is 22.2 Å². The molecule has 0 fully saturated rings. The minimum absolute atomic E-state index is 1.06. The van der Waals surface area contributed by atoms with Crippen LogP contribution in [0.1, 0.15) is 5.56 Å². The van der Waals surface area contributed by atoms with Gasteiger partial charge < -0.3 is 4.57 Å². The van der Waals surface area contributed by atoms with E-state index in [4.69, 9.17) is 5.10 Å². The Labute approximate surface area is 117 Å². The molecule has 4 rings (SSSR count). The number of aryl methyl sites for hydroxylation is 2. The van der Waals surface area contributed by atoms with E-state index >= 15 is 0 Å². The molecule has 20 heavy (non-hydrogen) atoms. The number of para-hydroxylation sites is 2. The minimum Gasteiger partial charge on any atom is -0.327 e. The highest BCUT2D eigenvalue weighted by Gasteiger charge is 2.16. The van der Waals surface area contributed by atoms with E-state index in [1.54, 1.807) is 0 Å². The summed E-state index contributed by atoms with van der Waals surface area (Å²) >= 11 is 0. The number of fused-ring (bicyclic) bond motifs is 3. The van der Waals surface area contributed by atoms with Crippen LogP contribution >= 0.6 is 0 Å². The molecule has 2 aromatic heterocycles. The van der Waals surface area contributed by atoms with Crippen molar-refractivity contribution in [2.75, 3.05) is 0 Å². The molecule has 0 saturated heterocycles. The first-order valence-electron chi connectivity index (χ1n) is 6.75. The van der Waals surface area contributed by atoms with Crippen molar-refractivity contribution in [2.24, 2.45) is 7.05 Å². The maximum absolute atomic E-state index is 4.83. The molecule has 0 aliphatic rings. The lowest BCUT2D eigenvalue weighted by atomic mass is 10.1. The summed E-state index contributed by atoms with van der Waals surface area (Å²) in [5, 5.41) is 4.83. The summed E-state index contributed by atoms with van der Waals surface area (Å²) in [6.45, 7) is 2.14. The summed E-state index contributed by atoms with van der Waals surface area (Å²) in [6.07, 6.45) is 0. The number of aromatic nitrogens is 3. The zero-order valence-electron chi connectivity index (χ0n) is 11.5. The van der Waals surface area contributed by atoms with E-state index in [1.165, 1.54) is 11.1 Å². The van der Waals surface area contributed by atoms with Gasteiger partial charge in [0.2, 0.25) is 0 Å². The van der Waals surface area contributed by atoms with Crippen molar-refractivity contribution >= 4 is 16.7 Å². The van der Waals surface area contributed by atoms with Crippen molar-refractivity contribution in [3.63, 3.8) is 0 Å². The van der Waals surface area contributed by atoms with Crippen LogP contribution in [-0.2, 0) is 7.05 Å². The number of hydrogen-bond donors (Lipinski definition) is 0. The maximum Gasteiger partial charge on any atom is 0.140 e. The average Bonchev–Trinajstić information content (AvgIpc) is 2.98. The third kappa shape index (κ3) is 1.37. The van der Waals surface area contributed by atoms with Crippen LogP contribution in [0.4, 0.5) is 0 Å². The third-order valence-corrected chi connectivity index (χ3v) is 3.93. The average molecular weight is 261 g/mol. The molecule has 0 saturated carbocycles. The van der Waals surface area contributed by atoms with Crippen LogP contribution in [0, 0.1) is 6.92 Å². The van der Waals surface area contributed by atoms with Gasteiger partial charge in [0.25, 0.3) is 0 Å². The van der Waals surface area contributed by atoms with Crippen LogP contribution in [0.3, 0.4) is 0 Å². The Morgan fingerprint density at radius 1 is 0.850 bits per heavy atom. The Hall–Kier alpha value is -2.55. The molecule has 0 spiro atoms. The monoisotopic (exact) mass is 261 g/mol. The van der Waals surface area contributed by atoms with E-state index in [-0.39, 0.29) is 0 Å². The van der Waals surface area contributed by atoms with Crippen molar-refractivity contribution in [3.05, 3.63) is 60.2 Å². The van der Waals surface area contributed by atoms with E-state index < -0.39 is 0 Å². The normalized spacial score (nSPS) is 11.5. The first-order valence-corrected chi connectivity index (χ1v) is 6.75. The SMILES string of the molecule is Cc1c(-c2ccccc2)nn2c3ccccc3n(C)c12. The van der Waals surface area contributed by atoms with Crippen LogP contribution in [0.25, 0.3) is 27.9 Å². The van der Waals surface area contributed by atoms with Crippen LogP contribution in [-0.4, -0.2) is 14.2 Å². The summed E-state index contributed by atoms with van der Waals surface area (Å²) in [6, 6.07) is 18.7. The number of hydrogen-bond acceptors (Lipinski definition) is 1. The van der Waals surface area contributed by atoms with Crippen LogP contribution in [0.2, 0.25) is 0 Å². The molecule has 2 heterocycles. The Kier molecular flexibility index (Phi) is 2.24. The lowest BCUT2D eigenvalue weighted by Gasteiger charge is -2.00. The second-order valence-electron chi connectivity index (χ2n) is 5.12. The van der Waals surface area contributed by atoms with Gasteiger partial charge >= 0.3 is 0 Å². The molecule has 0 aliphatic heterocycles. The quantitative estimate of drug-likeness (QED) is 0.511. The largest absolute Gasteiger partial charge is 0.327 e. The Morgan fingerprint density at radius 3 is 2.25 bits per heavy atom. The molecule has 0 N–H and O–H groups in total. The molecule has 0 atom stereocenters. The van der Waals surface area contributed by atoms with Crippen molar-refractivity contribution < 1.29 is 0 Å². The molecular weight excluding hydrogens is 246 g/mol. The second-order valence-corrected chi connectivity index (χ2v) is 5.12. The van der Waals surface area contributed by atoms with E-state index in [9.17, 15) is 0 Å². The standard InChI is InChI=1S/C17H15N3/c1-12-16(13-8-4-3-5-9-13)18-20-15-11-7-6-10-14(15)19(2)17(12)20/h3-11H,1-2H3. The molecule has 0 unspecified atom stereocenters. The van der Waals surface area contributed by atoms with Crippen molar-refractivity contribution in [3.8, 4) is 11.3 Å². The Balaban J connectivity index is 2.12. The molecule has 0 bridgehead atoms. The number of benzene rings is 2. The molecule has 2 aromatic carbocycles. The fourth-order valence-electron chi connectivity index (χ4n) is 2.96. The predicted octanol–water partition coefficient (Wildman–Crippen LogP) is 3.80. The van der Waals surface area contributed by atoms with Gasteiger partial charge in [-0.1, -0.05) is 42.5 Å². The Bertz CT molecular complexity index is 914. The van der Waals surface area contributed by atoms with E-state index in [0.29, 0.717) is 0 Å². The molecule has 3 nitrogen and oxygen atoms in total. The lowest BCUT2D eigenvalue weighted by Crippen LogP contribution is -1.88. The van der Waals surface area contributed by atoms with Crippen LogP contribution in [0.15, 0.2) is 54.6 Å². The maximum atomic E-state index is 4.83. The van der Waals surface area contributed by atoms with Gasteiger partial charge in [-0.25, -0.2) is 4.52 Å². The van der Waals surface area contributed by atoms with Gasteiger partial charge in [0.05, 0.1) is 16.7 Å². The van der Waals surface area contributed by atoms with Gasteiger partial charge in [-0.3, -0.25) is 0 Å². The molecular formula is C17H15N3. The lowest BCUT2D eigenvalue weighted by molar-refractivity contribution is 0.949. The molecule has 3 heteroatoms. The summed E-state index contributed by atoms with van der Waals surface area (Å²) in [4.78, 5) is 0. The highest BCUT2D eigenvalue weighted by molar-refractivity contribution is 5.85. The summed E-state index contributed by atoms with van der Waals surface area (Å²) in [5.41, 5.74) is 6.95. The fourth-order valence-corrected chi connectivity index (χ4v) is 2.96. The van der Waals surface area contributed by atoms with Gasteiger partial charge in [0, 0.05) is 18.2 Å². The number of rotatable bonds is 1. The Morgan fingerprint density at radius 2 is 1.50 bits per heavy atom. The first-order chi connectivity index (χ1) is 9.77. The predicted molar refractivity (Wildman–Crippen MR) is 81.8 cm³/mol. The zero-order chi connectivity index (χ0) is 13.7. The molecule has 4 aromatic rings. The van der Waals surface area contributed by atoms with Crippen LogP contribution < -0.4 is 0 Å². The van der Waals surface area contributed by atoms with E-state index in [2.05, 4.69) is 67.1 Å². The molecule has 98 valence electrons. The van der Waals surface area contributed by atoms with Crippen molar-refractivity contribution in [1.82, 2.24) is 14.2 Å². The molecule has 0 radical (unpaired) electrons. The van der Waals surface area contributed by atoms with Crippen molar-refractivity contribution in [1.29, 1.82) is 0 Å². The second kappa shape index (κ2) is 3.97. The molecule has 0 amide bonds. The van der Waals surface area contributed by atoms with Crippen LogP contribution in [0.5, 0.6) is 0 Å².